The Morgan fingerprint density at radius 2 is 1.84 bits per heavy atom. The maximum Gasteiger partial charge on any atom is 0.263 e. The van der Waals surface area contributed by atoms with Crippen LogP contribution in [0.4, 0.5) is 5.69 Å². The van der Waals surface area contributed by atoms with Crippen molar-refractivity contribution in [1.29, 1.82) is 0 Å². The zero-order valence-electron chi connectivity index (χ0n) is 17.8. The van der Waals surface area contributed by atoms with Gasteiger partial charge in [-0.1, -0.05) is 18.9 Å². The average Bonchev–Trinajstić information content (AvgIpc) is 3.07. The summed E-state index contributed by atoms with van der Waals surface area (Å²) in [7, 11) is -3.65. The lowest BCUT2D eigenvalue weighted by Gasteiger charge is -2.21. The van der Waals surface area contributed by atoms with Crippen molar-refractivity contribution in [3.8, 4) is 0 Å². The summed E-state index contributed by atoms with van der Waals surface area (Å²) in [6, 6.07) is 8.05. The van der Waals surface area contributed by atoms with Crippen molar-refractivity contribution in [3.63, 3.8) is 0 Å². The lowest BCUT2D eigenvalue weighted by atomic mass is 10.2. The van der Waals surface area contributed by atoms with Crippen molar-refractivity contribution in [2.45, 2.75) is 44.0 Å². The second-order valence-electron chi connectivity index (χ2n) is 7.90. The number of nitrogens with zero attached hydrogens (tertiary/aromatic N) is 4. The van der Waals surface area contributed by atoms with Gasteiger partial charge in [-0.3, -0.25) is 14.2 Å². The van der Waals surface area contributed by atoms with Crippen LogP contribution in [0.25, 0.3) is 11.0 Å². The van der Waals surface area contributed by atoms with Crippen LogP contribution < -0.4 is 10.9 Å². The molecular weight excluding hydrogens is 430 g/mol. The third-order valence-corrected chi connectivity index (χ3v) is 7.61. The number of sulfonamides is 1. The van der Waals surface area contributed by atoms with Crippen molar-refractivity contribution in [3.05, 3.63) is 58.8 Å². The van der Waals surface area contributed by atoms with Crippen LogP contribution in [-0.2, 0) is 21.4 Å². The number of aromatic nitrogens is 3. The molecule has 168 valence electrons. The van der Waals surface area contributed by atoms with E-state index in [9.17, 15) is 18.0 Å². The summed E-state index contributed by atoms with van der Waals surface area (Å²) >= 11 is 0. The van der Waals surface area contributed by atoms with Gasteiger partial charge in [0.05, 0.1) is 10.3 Å². The lowest BCUT2D eigenvalue weighted by molar-refractivity contribution is -0.116. The Morgan fingerprint density at radius 1 is 1.09 bits per heavy atom. The molecule has 1 fully saturated rings. The summed E-state index contributed by atoms with van der Waals surface area (Å²) in [5, 5.41) is 3.02. The van der Waals surface area contributed by atoms with Crippen LogP contribution in [0.15, 0.2) is 52.5 Å². The molecule has 0 unspecified atom stereocenters. The minimum Gasteiger partial charge on any atom is -0.324 e. The zero-order valence-corrected chi connectivity index (χ0v) is 18.6. The summed E-state index contributed by atoms with van der Waals surface area (Å²) in [5.74, 6) is -0.459. The molecule has 1 aromatic carbocycles. The molecule has 0 aliphatic carbocycles. The standard InChI is InChI=1S/C22H25N5O4S/c1-16-8-9-17(13-19(16)32(30,31)27-11-4-2-3-5-12-27)25-20(28)14-26-15-24-21-18(22(26)29)7-6-10-23-21/h6-10,13,15H,2-5,11-12,14H2,1H3,(H,25,28). The van der Waals surface area contributed by atoms with E-state index in [4.69, 9.17) is 0 Å². The molecule has 4 rings (SSSR count). The summed E-state index contributed by atoms with van der Waals surface area (Å²) < 4.78 is 29.2. The van der Waals surface area contributed by atoms with Gasteiger partial charge < -0.3 is 5.32 Å². The molecule has 9 nitrogen and oxygen atoms in total. The van der Waals surface area contributed by atoms with Crippen LogP contribution in [0.5, 0.6) is 0 Å². The normalized spacial score (nSPS) is 15.4. The fraction of sp³-hybridized carbons (Fsp3) is 0.364. The topological polar surface area (TPSA) is 114 Å². The Balaban J connectivity index is 1.54. The van der Waals surface area contributed by atoms with Gasteiger partial charge in [-0.25, -0.2) is 18.4 Å². The molecular formula is C22H25N5O4S. The predicted octanol–water partition coefficient (Wildman–Crippen LogP) is 2.30. The van der Waals surface area contributed by atoms with Gasteiger partial charge in [-0.15, -0.1) is 0 Å². The second-order valence-corrected chi connectivity index (χ2v) is 9.81. The van der Waals surface area contributed by atoms with E-state index in [-0.39, 0.29) is 17.0 Å². The average molecular weight is 456 g/mol. The molecule has 0 spiro atoms. The number of amides is 1. The first-order chi connectivity index (χ1) is 15.4. The largest absolute Gasteiger partial charge is 0.324 e. The van der Waals surface area contributed by atoms with Gasteiger partial charge in [0.25, 0.3) is 5.56 Å². The highest BCUT2D eigenvalue weighted by atomic mass is 32.2. The van der Waals surface area contributed by atoms with Crippen LogP contribution >= 0.6 is 0 Å². The fourth-order valence-corrected chi connectivity index (χ4v) is 5.61. The van der Waals surface area contributed by atoms with Gasteiger partial charge in [0.2, 0.25) is 15.9 Å². The Hall–Kier alpha value is -3.11. The van der Waals surface area contributed by atoms with Gasteiger partial charge in [-0.05, 0) is 49.6 Å². The van der Waals surface area contributed by atoms with Gasteiger partial charge >= 0.3 is 0 Å². The smallest absolute Gasteiger partial charge is 0.263 e. The number of anilines is 1. The number of fused-ring (bicyclic) bond motifs is 1. The number of hydrogen-bond acceptors (Lipinski definition) is 6. The molecule has 10 heteroatoms. The van der Waals surface area contributed by atoms with Crippen LogP contribution in [0.1, 0.15) is 31.2 Å². The van der Waals surface area contributed by atoms with Crippen LogP contribution in [0.3, 0.4) is 0 Å². The van der Waals surface area contributed by atoms with E-state index in [0.29, 0.717) is 35.4 Å². The summed E-state index contributed by atoms with van der Waals surface area (Å²) in [6.07, 6.45) is 6.57. The number of hydrogen-bond donors (Lipinski definition) is 1. The van der Waals surface area contributed by atoms with Gasteiger partial charge in [0.1, 0.15) is 12.9 Å². The lowest BCUT2D eigenvalue weighted by Crippen LogP contribution is -2.32. The molecule has 0 bridgehead atoms. The summed E-state index contributed by atoms with van der Waals surface area (Å²) in [4.78, 5) is 33.5. The number of carbonyl (C=O) groups is 1. The second kappa shape index (κ2) is 9.17. The predicted molar refractivity (Wildman–Crippen MR) is 121 cm³/mol. The van der Waals surface area contributed by atoms with Crippen molar-refractivity contribution in [2.24, 2.45) is 0 Å². The van der Waals surface area contributed by atoms with Crippen LogP contribution in [0, 0.1) is 6.92 Å². The fourth-order valence-electron chi connectivity index (χ4n) is 3.84. The maximum absolute atomic E-state index is 13.2. The third-order valence-electron chi connectivity index (χ3n) is 5.57. The third kappa shape index (κ3) is 4.56. The molecule has 1 amide bonds. The molecule has 0 saturated carbocycles. The van der Waals surface area contributed by atoms with E-state index in [1.54, 1.807) is 37.4 Å². The van der Waals surface area contributed by atoms with E-state index in [1.807, 2.05) is 0 Å². The van der Waals surface area contributed by atoms with Gasteiger partial charge in [0, 0.05) is 25.0 Å². The van der Waals surface area contributed by atoms with E-state index >= 15 is 0 Å². The van der Waals surface area contributed by atoms with Crippen LogP contribution in [0.2, 0.25) is 0 Å². The van der Waals surface area contributed by atoms with Gasteiger partial charge in [0.15, 0.2) is 5.65 Å². The van der Waals surface area contributed by atoms with Crippen molar-refractivity contribution >= 4 is 32.7 Å². The number of aryl methyl sites for hydroxylation is 1. The quantitative estimate of drug-likeness (QED) is 0.631. The first-order valence-electron chi connectivity index (χ1n) is 10.6. The molecule has 32 heavy (non-hydrogen) atoms. The zero-order chi connectivity index (χ0) is 22.7. The number of pyridine rings is 1. The van der Waals surface area contributed by atoms with E-state index in [2.05, 4.69) is 15.3 Å². The van der Waals surface area contributed by atoms with Crippen molar-refractivity contribution < 1.29 is 13.2 Å². The molecule has 0 atom stereocenters. The molecule has 1 aliphatic rings. The monoisotopic (exact) mass is 455 g/mol. The number of carbonyl (C=O) groups excluding carboxylic acids is 1. The number of nitrogens with one attached hydrogen (secondary N) is 1. The maximum atomic E-state index is 13.2. The van der Waals surface area contributed by atoms with Crippen molar-refractivity contribution in [1.82, 2.24) is 18.8 Å². The number of benzene rings is 1. The molecule has 0 radical (unpaired) electrons. The number of rotatable bonds is 5. The molecule has 1 saturated heterocycles. The highest BCUT2D eigenvalue weighted by Gasteiger charge is 2.27. The summed E-state index contributed by atoms with van der Waals surface area (Å²) in [6.45, 7) is 2.50. The minimum atomic E-state index is -3.65. The van der Waals surface area contributed by atoms with E-state index in [0.717, 1.165) is 25.7 Å². The van der Waals surface area contributed by atoms with Gasteiger partial charge in [-0.2, -0.15) is 4.31 Å². The summed E-state index contributed by atoms with van der Waals surface area (Å²) in [5.41, 5.74) is 0.926. The Labute approximate surface area is 186 Å². The highest BCUT2D eigenvalue weighted by molar-refractivity contribution is 7.89. The minimum absolute atomic E-state index is 0.188. The van der Waals surface area contributed by atoms with Crippen LogP contribution in [-0.4, -0.2) is 46.3 Å². The SMILES string of the molecule is Cc1ccc(NC(=O)Cn2cnc3ncccc3c2=O)cc1S(=O)(=O)N1CCCCCC1. The molecule has 1 N–H and O–H groups in total. The Morgan fingerprint density at radius 3 is 2.59 bits per heavy atom. The van der Waals surface area contributed by atoms with E-state index < -0.39 is 15.9 Å². The van der Waals surface area contributed by atoms with E-state index in [1.165, 1.54) is 21.3 Å². The highest BCUT2D eigenvalue weighted by Crippen LogP contribution is 2.25. The first-order valence-corrected chi connectivity index (χ1v) is 12.0. The molecule has 2 aromatic heterocycles. The Kier molecular flexibility index (Phi) is 6.33. The molecule has 3 heterocycles. The Bertz CT molecular complexity index is 1310. The molecule has 1 aliphatic heterocycles. The van der Waals surface area contributed by atoms with Crippen molar-refractivity contribution in [2.75, 3.05) is 18.4 Å². The molecule has 3 aromatic rings. The first kappa shape index (κ1) is 22.1.